The maximum Gasteiger partial charge on any atom is 0.306 e. The first-order chi connectivity index (χ1) is 10.6. The Morgan fingerprint density at radius 1 is 1.14 bits per heavy atom. The molecule has 0 heterocycles. The number of hydrogen-bond acceptors (Lipinski definition) is 3. The summed E-state index contributed by atoms with van der Waals surface area (Å²) < 4.78 is 4.56. The quantitative estimate of drug-likeness (QED) is 0.563. The summed E-state index contributed by atoms with van der Waals surface area (Å²) in [5, 5.41) is 3.04. The first kappa shape index (κ1) is 17.7. The van der Waals surface area contributed by atoms with Gasteiger partial charge in [-0.3, -0.25) is 9.59 Å². The maximum atomic E-state index is 12.2. The Morgan fingerprint density at radius 2 is 1.73 bits per heavy atom. The van der Waals surface area contributed by atoms with Crippen LogP contribution in [0.3, 0.4) is 0 Å². The molecule has 118 valence electrons. The van der Waals surface area contributed by atoms with E-state index in [-0.39, 0.29) is 18.7 Å². The molecule has 0 unspecified atom stereocenters. The lowest BCUT2D eigenvalue weighted by atomic mass is 9.83. The Hall–Kier alpha value is -2.36. The number of hydrogen-bond donors (Lipinski definition) is 1. The summed E-state index contributed by atoms with van der Waals surface area (Å²) in [4.78, 5) is 23.4. The van der Waals surface area contributed by atoms with E-state index in [0.717, 1.165) is 5.56 Å². The monoisotopic (exact) mass is 301 g/mol. The van der Waals surface area contributed by atoms with Crippen LogP contribution in [0.5, 0.6) is 0 Å². The third-order valence-corrected chi connectivity index (χ3v) is 3.47. The molecule has 0 radical (unpaired) electrons. The van der Waals surface area contributed by atoms with Crippen LogP contribution in [0.4, 0.5) is 0 Å². The van der Waals surface area contributed by atoms with Crippen LogP contribution in [0.15, 0.2) is 55.6 Å². The van der Waals surface area contributed by atoms with Crippen molar-refractivity contribution >= 4 is 11.9 Å². The molecular formula is C18H23NO3. The number of rotatable bonds is 9. The zero-order valence-corrected chi connectivity index (χ0v) is 13.0. The normalized spacial score (nSPS) is 10.6. The summed E-state index contributed by atoms with van der Waals surface area (Å²) in [5.41, 5.74) is 0.402. The Balaban J connectivity index is 2.95. The topological polar surface area (TPSA) is 55.4 Å². The highest BCUT2D eigenvalue weighted by Crippen LogP contribution is 2.30. The molecule has 1 aromatic rings. The van der Waals surface area contributed by atoms with Gasteiger partial charge >= 0.3 is 5.97 Å². The number of methoxy groups -OCH3 is 1. The maximum absolute atomic E-state index is 12.2. The Bertz CT molecular complexity index is 512. The second-order valence-corrected chi connectivity index (χ2v) is 5.06. The van der Waals surface area contributed by atoms with Crippen molar-refractivity contribution in [1.29, 1.82) is 0 Å². The number of esters is 1. The molecule has 0 aliphatic carbocycles. The standard InChI is InChI=1S/C18H23NO3/c1-4-13-18(14-5-2,15-9-7-6-8-10-15)19-16(20)11-12-17(21)22-3/h4-10H,1-2,11-14H2,3H3,(H,19,20). The van der Waals surface area contributed by atoms with Gasteiger partial charge in [0.25, 0.3) is 0 Å². The molecule has 4 heteroatoms. The van der Waals surface area contributed by atoms with Gasteiger partial charge in [-0.15, -0.1) is 13.2 Å². The van der Waals surface area contributed by atoms with Gasteiger partial charge in [0.15, 0.2) is 0 Å². The Labute approximate surface area is 131 Å². The van der Waals surface area contributed by atoms with Crippen LogP contribution < -0.4 is 5.32 Å². The zero-order chi connectivity index (χ0) is 16.4. The summed E-state index contributed by atoms with van der Waals surface area (Å²) in [6, 6.07) is 9.71. The van der Waals surface area contributed by atoms with Gasteiger partial charge < -0.3 is 10.1 Å². The first-order valence-electron chi connectivity index (χ1n) is 7.23. The highest BCUT2D eigenvalue weighted by molar-refractivity contribution is 5.82. The van der Waals surface area contributed by atoms with Crippen molar-refractivity contribution in [3.05, 3.63) is 61.2 Å². The molecule has 0 bridgehead atoms. The number of carbonyl (C=O) groups is 2. The number of amides is 1. The third kappa shape index (κ3) is 4.88. The lowest BCUT2D eigenvalue weighted by Crippen LogP contribution is -2.45. The van der Waals surface area contributed by atoms with Crippen LogP contribution in [0, 0.1) is 0 Å². The number of carbonyl (C=O) groups excluding carboxylic acids is 2. The van der Waals surface area contributed by atoms with Crippen LogP contribution in [0.25, 0.3) is 0 Å². The lowest BCUT2D eigenvalue weighted by Gasteiger charge is -2.34. The van der Waals surface area contributed by atoms with Gasteiger partial charge in [0, 0.05) is 6.42 Å². The van der Waals surface area contributed by atoms with E-state index in [1.165, 1.54) is 7.11 Å². The van der Waals surface area contributed by atoms with Crippen molar-refractivity contribution in [2.24, 2.45) is 0 Å². The van der Waals surface area contributed by atoms with E-state index >= 15 is 0 Å². The van der Waals surface area contributed by atoms with Crippen LogP contribution in [-0.2, 0) is 19.9 Å². The van der Waals surface area contributed by atoms with Crippen molar-refractivity contribution in [2.75, 3.05) is 7.11 Å². The van der Waals surface area contributed by atoms with Gasteiger partial charge in [0.05, 0.1) is 19.1 Å². The summed E-state index contributed by atoms with van der Waals surface area (Å²) in [6.45, 7) is 7.58. The molecule has 0 saturated carbocycles. The first-order valence-corrected chi connectivity index (χ1v) is 7.23. The van der Waals surface area contributed by atoms with E-state index in [1.807, 2.05) is 30.3 Å². The van der Waals surface area contributed by atoms with Gasteiger partial charge in [-0.1, -0.05) is 42.5 Å². The van der Waals surface area contributed by atoms with E-state index < -0.39 is 11.5 Å². The molecule has 0 saturated heterocycles. The van der Waals surface area contributed by atoms with E-state index in [2.05, 4.69) is 23.2 Å². The van der Waals surface area contributed by atoms with Crippen LogP contribution >= 0.6 is 0 Å². The van der Waals surface area contributed by atoms with E-state index in [4.69, 9.17) is 0 Å². The lowest BCUT2D eigenvalue weighted by molar-refractivity contribution is -0.142. The molecule has 1 amide bonds. The fourth-order valence-corrected chi connectivity index (χ4v) is 2.39. The summed E-state index contributed by atoms with van der Waals surface area (Å²) in [6.07, 6.45) is 4.86. The molecular weight excluding hydrogens is 278 g/mol. The van der Waals surface area contributed by atoms with Crippen molar-refractivity contribution < 1.29 is 14.3 Å². The molecule has 0 fully saturated rings. The largest absolute Gasteiger partial charge is 0.469 e. The summed E-state index contributed by atoms with van der Waals surface area (Å²) in [5.74, 6) is -0.592. The molecule has 1 aromatic carbocycles. The average molecular weight is 301 g/mol. The molecule has 0 atom stereocenters. The van der Waals surface area contributed by atoms with Crippen LogP contribution in [-0.4, -0.2) is 19.0 Å². The predicted octanol–water partition coefficient (Wildman–Crippen LogP) is 3.10. The molecule has 0 aromatic heterocycles. The SMILES string of the molecule is C=CCC(CC=C)(NC(=O)CCC(=O)OC)c1ccccc1. The minimum atomic E-state index is -0.585. The molecule has 1 N–H and O–H groups in total. The van der Waals surface area contributed by atoms with Gasteiger partial charge in [0.2, 0.25) is 5.91 Å². The van der Waals surface area contributed by atoms with Gasteiger partial charge in [-0.25, -0.2) is 0 Å². The van der Waals surface area contributed by atoms with Crippen molar-refractivity contribution in [3.8, 4) is 0 Å². The highest BCUT2D eigenvalue weighted by Gasteiger charge is 2.31. The summed E-state index contributed by atoms with van der Waals surface area (Å²) in [7, 11) is 1.31. The van der Waals surface area contributed by atoms with E-state index in [9.17, 15) is 9.59 Å². The molecule has 4 nitrogen and oxygen atoms in total. The molecule has 22 heavy (non-hydrogen) atoms. The average Bonchev–Trinajstić information content (AvgIpc) is 2.53. The highest BCUT2D eigenvalue weighted by atomic mass is 16.5. The van der Waals surface area contributed by atoms with Gasteiger partial charge in [-0.2, -0.15) is 0 Å². The van der Waals surface area contributed by atoms with Gasteiger partial charge in [-0.05, 0) is 18.4 Å². The number of ether oxygens (including phenoxy) is 1. The van der Waals surface area contributed by atoms with Crippen LogP contribution in [0.2, 0.25) is 0 Å². The minimum absolute atomic E-state index is 0.0649. The third-order valence-electron chi connectivity index (χ3n) is 3.47. The van der Waals surface area contributed by atoms with E-state index in [0.29, 0.717) is 12.8 Å². The number of nitrogens with one attached hydrogen (secondary N) is 1. The molecule has 0 spiro atoms. The fraction of sp³-hybridized carbons (Fsp3) is 0.333. The Morgan fingerprint density at radius 3 is 2.23 bits per heavy atom. The molecule has 0 aliphatic heterocycles. The fourth-order valence-electron chi connectivity index (χ4n) is 2.39. The predicted molar refractivity (Wildman–Crippen MR) is 87.1 cm³/mol. The smallest absolute Gasteiger partial charge is 0.306 e. The second-order valence-electron chi connectivity index (χ2n) is 5.06. The summed E-state index contributed by atoms with van der Waals surface area (Å²) >= 11 is 0. The van der Waals surface area contributed by atoms with E-state index in [1.54, 1.807) is 12.2 Å². The van der Waals surface area contributed by atoms with Crippen molar-refractivity contribution in [1.82, 2.24) is 5.32 Å². The molecule has 1 rings (SSSR count). The minimum Gasteiger partial charge on any atom is -0.469 e. The second kappa shape index (κ2) is 8.82. The number of benzene rings is 1. The van der Waals surface area contributed by atoms with Crippen molar-refractivity contribution in [3.63, 3.8) is 0 Å². The van der Waals surface area contributed by atoms with Crippen LogP contribution in [0.1, 0.15) is 31.2 Å². The van der Waals surface area contributed by atoms with Gasteiger partial charge in [0.1, 0.15) is 0 Å². The van der Waals surface area contributed by atoms with Crippen molar-refractivity contribution in [2.45, 2.75) is 31.2 Å². The zero-order valence-electron chi connectivity index (χ0n) is 13.0. The molecule has 0 aliphatic rings. The Kier molecular flexibility index (Phi) is 7.09.